The third kappa shape index (κ3) is 3.71. The van der Waals surface area contributed by atoms with Crippen LogP contribution in [-0.2, 0) is 16.6 Å². The van der Waals surface area contributed by atoms with Crippen molar-refractivity contribution in [2.24, 2.45) is 0 Å². The van der Waals surface area contributed by atoms with E-state index >= 15 is 0 Å². The van der Waals surface area contributed by atoms with Crippen molar-refractivity contribution < 1.29 is 17.9 Å². The number of nitrogens with one attached hydrogen (secondary N) is 1. The summed E-state index contributed by atoms with van der Waals surface area (Å²) in [5, 5.41) is 0. The van der Waals surface area contributed by atoms with Crippen LogP contribution in [0.3, 0.4) is 0 Å². The van der Waals surface area contributed by atoms with Crippen LogP contribution in [0.15, 0.2) is 47.4 Å². The minimum atomic E-state index is -3.54. The number of benzene rings is 2. The predicted octanol–water partition coefficient (Wildman–Crippen LogP) is 3.94. The summed E-state index contributed by atoms with van der Waals surface area (Å²) in [4.78, 5) is 0.304. The molecule has 0 radical (unpaired) electrons. The minimum Gasteiger partial charge on any atom is -0.454 e. The second-order valence-corrected chi connectivity index (χ2v) is 8.68. The van der Waals surface area contributed by atoms with Crippen LogP contribution < -0.4 is 14.2 Å². The first-order valence-electron chi connectivity index (χ1n) is 9.10. The molecule has 26 heavy (non-hydrogen) atoms. The fourth-order valence-electron chi connectivity index (χ4n) is 3.67. The van der Waals surface area contributed by atoms with E-state index in [1.54, 1.807) is 24.3 Å². The third-order valence-corrected chi connectivity index (χ3v) is 6.59. The molecule has 5 nitrogen and oxygen atoms in total. The molecule has 1 saturated carbocycles. The predicted molar refractivity (Wildman–Crippen MR) is 98.9 cm³/mol. The lowest BCUT2D eigenvalue weighted by Gasteiger charge is -2.22. The van der Waals surface area contributed by atoms with E-state index in [0.717, 1.165) is 5.56 Å². The lowest BCUT2D eigenvalue weighted by molar-refractivity contribution is 0.174. The molecule has 0 amide bonds. The Kier molecular flexibility index (Phi) is 4.87. The van der Waals surface area contributed by atoms with Crippen molar-refractivity contribution in [3.63, 3.8) is 0 Å². The Labute approximate surface area is 154 Å². The molecule has 0 unspecified atom stereocenters. The topological polar surface area (TPSA) is 64.6 Å². The molecular weight excluding hydrogens is 350 g/mol. The average Bonchev–Trinajstić information content (AvgIpc) is 3.15. The van der Waals surface area contributed by atoms with Gasteiger partial charge in [-0.1, -0.05) is 37.5 Å². The van der Waals surface area contributed by atoms with Gasteiger partial charge >= 0.3 is 0 Å². The van der Waals surface area contributed by atoms with Crippen molar-refractivity contribution in [2.45, 2.75) is 49.5 Å². The van der Waals surface area contributed by atoms with Crippen LogP contribution in [0.2, 0.25) is 0 Å². The molecule has 1 fully saturated rings. The van der Waals surface area contributed by atoms with E-state index < -0.39 is 10.0 Å². The van der Waals surface area contributed by atoms with Gasteiger partial charge in [0.25, 0.3) is 0 Å². The molecule has 2 aromatic carbocycles. The summed E-state index contributed by atoms with van der Waals surface area (Å²) in [6.07, 6.45) is 6.25. The molecule has 0 bridgehead atoms. The SMILES string of the molecule is O=S(=O)(NCc1ccc2c(c1)OCO2)c1ccc(C2CCCCC2)cc1. The fourth-order valence-corrected chi connectivity index (χ4v) is 4.69. The Hall–Kier alpha value is -2.05. The molecule has 0 saturated heterocycles. The molecular formula is C20H23NO4S. The van der Waals surface area contributed by atoms with E-state index in [-0.39, 0.29) is 13.3 Å². The van der Waals surface area contributed by atoms with Gasteiger partial charge in [0.2, 0.25) is 16.8 Å². The van der Waals surface area contributed by atoms with E-state index in [4.69, 9.17) is 9.47 Å². The molecule has 1 aliphatic heterocycles. The Morgan fingerprint density at radius 1 is 0.923 bits per heavy atom. The van der Waals surface area contributed by atoms with Crippen LogP contribution in [0.1, 0.15) is 49.1 Å². The van der Waals surface area contributed by atoms with Gasteiger partial charge in [-0.05, 0) is 54.2 Å². The first-order chi connectivity index (χ1) is 12.6. The summed E-state index contributed by atoms with van der Waals surface area (Å²) in [5.74, 6) is 1.91. The number of rotatable bonds is 5. The summed E-state index contributed by atoms with van der Waals surface area (Å²) in [6.45, 7) is 0.418. The zero-order valence-corrected chi connectivity index (χ0v) is 15.4. The molecule has 4 rings (SSSR count). The maximum absolute atomic E-state index is 12.6. The van der Waals surface area contributed by atoms with Gasteiger partial charge in [0.05, 0.1) is 4.90 Å². The average molecular weight is 373 g/mol. The van der Waals surface area contributed by atoms with Crippen LogP contribution in [-0.4, -0.2) is 15.2 Å². The molecule has 1 heterocycles. The van der Waals surface area contributed by atoms with Crippen molar-refractivity contribution in [3.05, 3.63) is 53.6 Å². The fraction of sp³-hybridized carbons (Fsp3) is 0.400. The first kappa shape index (κ1) is 17.4. The van der Waals surface area contributed by atoms with Crippen molar-refractivity contribution in [3.8, 4) is 11.5 Å². The quantitative estimate of drug-likeness (QED) is 0.862. The standard InChI is InChI=1S/C20H23NO4S/c22-26(23,21-13-15-6-11-19-20(12-15)25-14-24-19)18-9-7-17(8-10-18)16-4-2-1-3-5-16/h6-12,16,21H,1-5,13-14H2. The normalized spacial score (nSPS) is 17.4. The van der Waals surface area contributed by atoms with Gasteiger partial charge in [0.1, 0.15) is 0 Å². The van der Waals surface area contributed by atoms with E-state index in [2.05, 4.69) is 4.72 Å². The highest BCUT2D eigenvalue weighted by Crippen LogP contribution is 2.33. The van der Waals surface area contributed by atoms with Gasteiger partial charge in [-0.3, -0.25) is 0 Å². The summed E-state index contributed by atoms with van der Waals surface area (Å²) in [5.41, 5.74) is 2.08. The van der Waals surface area contributed by atoms with E-state index in [1.807, 2.05) is 18.2 Å². The second kappa shape index (κ2) is 7.29. The summed E-state index contributed by atoms with van der Waals surface area (Å²) in [6, 6.07) is 12.8. The van der Waals surface area contributed by atoms with Crippen molar-refractivity contribution >= 4 is 10.0 Å². The van der Waals surface area contributed by atoms with Crippen molar-refractivity contribution in [1.29, 1.82) is 0 Å². The van der Waals surface area contributed by atoms with Gasteiger partial charge in [0.15, 0.2) is 11.5 Å². The molecule has 1 N–H and O–H groups in total. The molecule has 2 aliphatic rings. The molecule has 2 aromatic rings. The first-order valence-corrected chi connectivity index (χ1v) is 10.6. The second-order valence-electron chi connectivity index (χ2n) is 6.92. The minimum absolute atomic E-state index is 0.206. The van der Waals surface area contributed by atoms with Gasteiger partial charge < -0.3 is 9.47 Å². The zero-order chi connectivity index (χ0) is 18.0. The van der Waals surface area contributed by atoms with Crippen molar-refractivity contribution in [2.75, 3.05) is 6.79 Å². The monoisotopic (exact) mass is 373 g/mol. The van der Waals surface area contributed by atoms with Crippen molar-refractivity contribution in [1.82, 2.24) is 4.72 Å². The summed E-state index contributed by atoms with van der Waals surface area (Å²) in [7, 11) is -3.54. The number of hydrogen-bond acceptors (Lipinski definition) is 4. The Morgan fingerprint density at radius 2 is 1.65 bits per heavy atom. The van der Waals surface area contributed by atoms with Crippen LogP contribution in [0.5, 0.6) is 11.5 Å². The van der Waals surface area contributed by atoms with Crippen LogP contribution in [0.4, 0.5) is 0 Å². The molecule has 1 aliphatic carbocycles. The smallest absolute Gasteiger partial charge is 0.240 e. The zero-order valence-electron chi connectivity index (χ0n) is 14.6. The number of fused-ring (bicyclic) bond motifs is 1. The number of sulfonamides is 1. The van der Waals surface area contributed by atoms with Crippen LogP contribution in [0, 0.1) is 0 Å². The van der Waals surface area contributed by atoms with E-state index in [0.29, 0.717) is 22.3 Å². The van der Waals surface area contributed by atoms with Gasteiger partial charge in [-0.25, -0.2) is 13.1 Å². The number of hydrogen-bond donors (Lipinski definition) is 1. The Bertz CT molecular complexity index is 871. The third-order valence-electron chi connectivity index (χ3n) is 5.17. The molecule has 138 valence electrons. The van der Waals surface area contributed by atoms with Crippen LogP contribution in [0.25, 0.3) is 0 Å². The Morgan fingerprint density at radius 3 is 2.42 bits per heavy atom. The van der Waals surface area contributed by atoms with Gasteiger partial charge in [-0.15, -0.1) is 0 Å². The summed E-state index contributed by atoms with van der Waals surface area (Å²) >= 11 is 0. The molecule has 0 atom stereocenters. The molecule has 6 heteroatoms. The largest absolute Gasteiger partial charge is 0.454 e. The number of ether oxygens (including phenoxy) is 2. The highest BCUT2D eigenvalue weighted by atomic mass is 32.2. The molecule has 0 aromatic heterocycles. The maximum Gasteiger partial charge on any atom is 0.240 e. The lowest BCUT2D eigenvalue weighted by atomic mass is 9.84. The maximum atomic E-state index is 12.6. The summed E-state index contributed by atoms with van der Waals surface area (Å²) < 4.78 is 38.4. The van der Waals surface area contributed by atoms with E-state index in [9.17, 15) is 8.42 Å². The van der Waals surface area contributed by atoms with E-state index in [1.165, 1.54) is 37.7 Å². The lowest BCUT2D eigenvalue weighted by Crippen LogP contribution is -2.23. The highest BCUT2D eigenvalue weighted by molar-refractivity contribution is 7.89. The highest BCUT2D eigenvalue weighted by Gasteiger charge is 2.19. The van der Waals surface area contributed by atoms with Gasteiger partial charge in [-0.2, -0.15) is 0 Å². The molecule has 0 spiro atoms. The Balaban J connectivity index is 1.42. The van der Waals surface area contributed by atoms with Gasteiger partial charge in [0, 0.05) is 6.54 Å². The van der Waals surface area contributed by atoms with Crippen LogP contribution >= 0.6 is 0 Å².